The van der Waals surface area contributed by atoms with Gasteiger partial charge in [-0.1, -0.05) is 36.4 Å². The Balaban J connectivity index is 1.51. The zero-order chi connectivity index (χ0) is 21.8. The summed E-state index contributed by atoms with van der Waals surface area (Å²) in [5, 5.41) is 6.25. The highest BCUT2D eigenvalue weighted by atomic mass is 32.1. The lowest BCUT2D eigenvalue weighted by Gasteiger charge is -2.18. The number of ether oxygens (including phenoxy) is 2. The highest BCUT2D eigenvalue weighted by Crippen LogP contribution is 2.32. The van der Waals surface area contributed by atoms with E-state index in [0.717, 1.165) is 15.8 Å². The fourth-order valence-electron chi connectivity index (χ4n) is 3.83. The topological polar surface area (TPSA) is 52.5 Å². The Morgan fingerprint density at radius 2 is 1.81 bits per heavy atom. The summed E-state index contributed by atoms with van der Waals surface area (Å²) in [7, 11) is 3.24. The Labute approximate surface area is 186 Å². The lowest BCUT2D eigenvalue weighted by Crippen LogP contribution is -2.28. The number of carbonyl (C=O) groups excluding carboxylic acids is 1. The highest BCUT2D eigenvalue weighted by molar-refractivity contribution is 7.16. The predicted molar refractivity (Wildman–Crippen MR) is 126 cm³/mol. The van der Waals surface area contributed by atoms with Crippen molar-refractivity contribution in [3.05, 3.63) is 82.9 Å². The zero-order valence-electron chi connectivity index (χ0n) is 17.9. The summed E-state index contributed by atoms with van der Waals surface area (Å²) in [6.45, 7) is 2.67. The monoisotopic (exact) mass is 434 g/mol. The van der Waals surface area contributed by atoms with Gasteiger partial charge in [0.1, 0.15) is 10.5 Å². The molecule has 2 aromatic carbocycles. The van der Waals surface area contributed by atoms with Gasteiger partial charge in [-0.25, -0.2) is 0 Å². The third-order valence-corrected chi connectivity index (χ3v) is 6.42. The van der Waals surface area contributed by atoms with Crippen molar-refractivity contribution in [2.45, 2.75) is 19.4 Å². The molecule has 0 fully saturated rings. The van der Waals surface area contributed by atoms with E-state index >= 15 is 0 Å². The average Bonchev–Trinajstić information content (AvgIpc) is 3.40. The number of benzene rings is 2. The van der Waals surface area contributed by atoms with E-state index in [4.69, 9.17) is 9.47 Å². The summed E-state index contributed by atoms with van der Waals surface area (Å²) in [5.74, 6) is 1.33. The smallest absolute Gasteiger partial charge is 0.267 e. The van der Waals surface area contributed by atoms with Crippen LogP contribution in [0.15, 0.2) is 66.0 Å². The SMILES string of the molecule is COc1ccc(CCNC(=O)c2cc3ccsc3n2C(C)c2ccccc2)cc1OC. The molecule has 4 rings (SSSR count). The average molecular weight is 435 g/mol. The van der Waals surface area contributed by atoms with Crippen LogP contribution >= 0.6 is 11.3 Å². The summed E-state index contributed by atoms with van der Waals surface area (Å²) in [6.07, 6.45) is 0.704. The van der Waals surface area contributed by atoms with Crippen LogP contribution in [-0.2, 0) is 6.42 Å². The number of aromatic nitrogens is 1. The van der Waals surface area contributed by atoms with E-state index in [1.807, 2.05) is 42.5 Å². The molecule has 0 saturated carbocycles. The quantitative estimate of drug-likeness (QED) is 0.409. The van der Waals surface area contributed by atoms with E-state index < -0.39 is 0 Å². The highest BCUT2D eigenvalue weighted by Gasteiger charge is 2.21. The fourth-order valence-corrected chi connectivity index (χ4v) is 4.81. The number of nitrogens with one attached hydrogen (secondary N) is 1. The molecule has 1 N–H and O–H groups in total. The largest absolute Gasteiger partial charge is 0.493 e. The minimum Gasteiger partial charge on any atom is -0.493 e. The van der Waals surface area contributed by atoms with Crippen molar-refractivity contribution in [3.63, 3.8) is 0 Å². The Hall–Kier alpha value is -3.25. The molecular weight excluding hydrogens is 408 g/mol. The molecule has 2 heterocycles. The lowest BCUT2D eigenvalue weighted by atomic mass is 10.1. The third kappa shape index (κ3) is 4.30. The summed E-state index contributed by atoms with van der Waals surface area (Å²) in [4.78, 5) is 14.2. The Bertz CT molecular complexity index is 1180. The molecule has 0 bridgehead atoms. The maximum absolute atomic E-state index is 13.1. The van der Waals surface area contributed by atoms with Crippen LogP contribution in [0.25, 0.3) is 10.2 Å². The molecule has 4 aromatic rings. The first-order valence-electron chi connectivity index (χ1n) is 10.2. The van der Waals surface area contributed by atoms with Gasteiger partial charge in [-0.15, -0.1) is 11.3 Å². The number of hydrogen-bond acceptors (Lipinski definition) is 4. The van der Waals surface area contributed by atoms with Crippen LogP contribution in [0.4, 0.5) is 0 Å². The molecule has 0 aliphatic carbocycles. The van der Waals surface area contributed by atoms with Crippen molar-refractivity contribution in [2.24, 2.45) is 0 Å². The second-order valence-electron chi connectivity index (χ2n) is 7.36. The Morgan fingerprint density at radius 3 is 2.55 bits per heavy atom. The second-order valence-corrected chi connectivity index (χ2v) is 8.26. The zero-order valence-corrected chi connectivity index (χ0v) is 18.7. The molecule has 31 heavy (non-hydrogen) atoms. The number of methoxy groups -OCH3 is 2. The van der Waals surface area contributed by atoms with Crippen LogP contribution in [0.1, 0.15) is 34.6 Å². The van der Waals surface area contributed by atoms with Crippen LogP contribution in [0.5, 0.6) is 11.5 Å². The number of hydrogen-bond donors (Lipinski definition) is 1. The molecule has 0 radical (unpaired) electrons. The number of thiophene rings is 1. The molecule has 160 valence electrons. The molecule has 0 saturated heterocycles. The van der Waals surface area contributed by atoms with Crippen molar-refractivity contribution in [1.82, 2.24) is 9.88 Å². The summed E-state index contributed by atoms with van der Waals surface area (Å²) in [5.41, 5.74) is 2.94. The van der Waals surface area contributed by atoms with Gasteiger partial charge in [-0.05, 0) is 54.1 Å². The van der Waals surface area contributed by atoms with Crippen LogP contribution in [0.2, 0.25) is 0 Å². The molecule has 1 atom stereocenters. The molecule has 2 aromatic heterocycles. The van der Waals surface area contributed by atoms with Crippen LogP contribution in [0, 0.1) is 0 Å². The normalized spacial score (nSPS) is 12.0. The maximum Gasteiger partial charge on any atom is 0.267 e. The van der Waals surface area contributed by atoms with Gasteiger partial charge in [-0.2, -0.15) is 0 Å². The summed E-state index contributed by atoms with van der Waals surface area (Å²) < 4.78 is 12.8. The van der Waals surface area contributed by atoms with Crippen LogP contribution in [-0.4, -0.2) is 31.2 Å². The van der Waals surface area contributed by atoms with E-state index in [2.05, 4.69) is 40.4 Å². The van der Waals surface area contributed by atoms with E-state index in [9.17, 15) is 4.79 Å². The van der Waals surface area contributed by atoms with Gasteiger partial charge in [0, 0.05) is 11.9 Å². The molecule has 0 aliphatic heterocycles. The van der Waals surface area contributed by atoms with Crippen molar-refractivity contribution in [1.29, 1.82) is 0 Å². The molecular formula is C25H26N2O3S. The number of amides is 1. The number of carbonyl (C=O) groups is 1. The molecule has 1 unspecified atom stereocenters. The van der Waals surface area contributed by atoms with Gasteiger partial charge in [0.15, 0.2) is 11.5 Å². The van der Waals surface area contributed by atoms with E-state index in [1.54, 1.807) is 25.6 Å². The van der Waals surface area contributed by atoms with Crippen LogP contribution < -0.4 is 14.8 Å². The molecule has 0 spiro atoms. The van der Waals surface area contributed by atoms with E-state index in [1.165, 1.54) is 5.56 Å². The number of nitrogens with zero attached hydrogens (tertiary/aromatic N) is 1. The van der Waals surface area contributed by atoms with Crippen molar-refractivity contribution < 1.29 is 14.3 Å². The number of fused-ring (bicyclic) bond motifs is 1. The minimum absolute atomic E-state index is 0.0592. The van der Waals surface area contributed by atoms with Crippen molar-refractivity contribution in [2.75, 3.05) is 20.8 Å². The Morgan fingerprint density at radius 1 is 1.03 bits per heavy atom. The standard InChI is InChI=1S/C25H26N2O3S/c1-17(19-7-5-4-6-8-19)27-21(16-20-12-14-31-25(20)27)24(28)26-13-11-18-9-10-22(29-2)23(15-18)30-3/h4-10,12,14-17H,11,13H2,1-3H3,(H,26,28). The molecule has 5 nitrogen and oxygen atoms in total. The minimum atomic E-state index is -0.0633. The van der Waals surface area contributed by atoms with Crippen LogP contribution in [0.3, 0.4) is 0 Å². The Kier molecular flexibility index (Phi) is 6.28. The maximum atomic E-state index is 13.1. The third-order valence-electron chi connectivity index (χ3n) is 5.49. The second kappa shape index (κ2) is 9.27. The van der Waals surface area contributed by atoms with Gasteiger partial charge in [0.25, 0.3) is 5.91 Å². The number of rotatable bonds is 8. The molecule has 0 aliphatic rings. The summed E-state index contributed by atoms with van der Waals surface area (Å²) >= 11 is 1.66. The summed E-state index contributed by atoms with van der Waals surface area (Å²) in [6, 6.07) is 20.2. The first kappa shape index (κ1) is 21.0. The first-order valence-corrected chi connectivity index (χ1v) is 11.1. The van der Waals surface area contributed by atoms with Gasteiger partial charge in [0.05, 0.1) is 20.3 Å². The van der Waals surface area contributed by atoms with Gasteiger partial charge in [0.2, 0.25) is 0 Å². The van der Waals surface area contributed by atoms with Crippen molar-refractivity contribution >= 4 is 27.5 Å². The van der Waals surface area contributed by atoms with Gasteiger partial charge in [-0.3, -0.25) is 4.79 Å². The van der Waals surface area contributed by atoms with E-state index in [-0.39, 0.29) is 11.9 Å². The lowest BCUT2D eigenvalue weighted by molar-refractivity contribution is 0.0944. The van der Waals surface area contributed by atoms with Gasteiger partial charge < -0.3 is 19.4 Å². The van der Waals surface area contributed by atoms with E-state index in [0.29, 0.717) is 30.2 Å². The van der Waals surface area contributed by atoms with Gasteiger partial charge >= 0.3 is 0 Å². The first-order chi connectivity index (χ1) is 15.1. The van der Waals surface area contributed by atoms with Crippen molar-refractivity contribution in [3.8, 4) is 11.5 Å². The molecule has 6 heteroatoms. The predicted octanol–water partition coefficient (Wildman–Crippen LogP) is 5.30. The fraction of sp³-hybridized carbons (Fsp3) is 0.240. The molecule has 1 amide bonds.